The van der Waals surface area contributed by atoms with Crippen LogP contribution >= 0.6 is 0 Å². The number of hydrogen-bond acceptors (Lipinski definition) is 9. The van der Waals surface area contributed by atoms with Crippen molar-refractivity contribution in [3.63, 3.8) is 0 Å². The number of aliphatic hydroxyl groups is 3. The predicted molar refractivity (Wildman–Crippen MR) is 106 cm³/mol. The molecule has 5 rings (SSSR count). The van der Waals surface area contributed by atoms with Crippen LogP contribution in [0.4, 0.5) is 5.82 Å². The first-order valence-electron chi connectivity index (χ1n) is 9.95. The van der Waals surface area contributed by atoms with E-state index < -0.39 is 31.1 Å². The van der Waals surface area contributed by atoms with Gasteiger partial charge in [0.15, 0.2) is 23.2 Å². The SMILES string of the molecule is OC[C@H]1O[C@@H](n2cnc3c(NC4CCCc5c(O)cccc54)ncnc32)C(O)C1O. The zero-order valence-electron chi connectivity index (χ0n) is 16.1. The third kappa shape index (κ3) is 3.00. The van der Waals surface area contributed by atoms with E-state index in [-0.39, 0.29) is 6.04 Å². The van der Waals surface area contributed by atoms with E-state index in [9.17, 15) is 20.4 Å². The van der Waals surface area contributed by atoms with Crippen molar-refractivity contribution in [1.82, 2.24) is 19.5 Å². The average molecular weight is 413 g/mol. The van der Waals surface area contributed by atoms with Crippen LogP contribution in [0.25, 0.3) is 11.2 Å². The van der Waals surface area contributed by atoms with Crippen LogP contribution in [0.1, 0.15) is 36.2 Å². The molecule has 3 unspecified atom stereocenters. The lowest BCUT2D eigenvalue weighted by atomic mass is 9.87. The lowest BCUT2D eigenvalue weighted by Crippen LogP contribution is -2.33. The number of benzene rings is 1. The number of aromatic hydroxyl groups is 1. The van der Waals surface area contributed by atoms with E-state index in [1.54, 1.807) is 6.07 Å². The van der Waals surface area contributed by atoms with Gasteiger partial charge in [0.1, 0.15) is 30.4 Å². The molecular weight excluding hydrogens is 390 g/mol. The first-order valence-corrected chi connectivity index (χ1v) is 9.95. The molecule has 1 aromatic carbocycles. The van der Waals surface area contributed by atoms with Gasteiger partial charge in [-0.15, -0.1) is 0 Å². The molecule has 2 aromatic heterocycles. The van der Waals surface area contributed by atoms with Crippen molar-refractivity contribution >= 4 is 17.0 Å². The van der Waals surface area contributed by atoms with Crippen LogP contribution in [0.3, 0.4) is 0 Å². The summed E-state index contributed by atoms with van der Waals surface area (Å²) in [4.78, 5) is 13.0. The number of fused-ring (bicyclic) bond motifs is 2. The van der Waals surface area contributed by atoms with E-state index in [0.29, 0.717) is 22.7 Å². The highest BCUT2D eigenvalue weighted by Gasteiger charge is 2.44. The third-order valence-corrected chi connectivity index (χ3v) is 5.94. The number of phenolic OH excluding ortho intramolecular Hbond substituents is 1. The number of aromatic nitrogens is 4. The van der Waals surface area contributed by atoms with Gasteiger partial charge in [0.2, 0.25) is 0 Å². The van der Waals surface area contributed by atoms with E-state index >= 15 is 0 Å². The fraction of sp³-hybridized carbons (Fsp3) is 0.450. The van der Waals surface area contributed by atoms with Crippen LogP contribution in [0.2, 0.25) is 0 Å². The molecule has 5 atom stereocenters. The normalized spacial score (nSPS) is 28.6. The minimum atomic E-state index is -1.22. The maximum absolute atomic E-state index is 10.3. The average Bonchev–Trinajstić information content (AvgIpc) is 3.31. The summed E-state index contributed by atoms with van der Waals surface area (Å²) in [6, 6.07) is 5.51. The van der Waals surface area contributed by atoms with Crippen LogP contribution in [-0.2, 0) is 11.2 Å². The number of phenols is 1. The molecule has 3 aromatic rings. The number of ether oxygens (including phenoxy) is 1. The summed E-state index contributed by atoms with van der Waals surface area (Å²) < 4.78 is 7.14. The summed E-state index contributed by atoms with van der Waals surface area (Å²) in [6.45, 7) is -0.406. The summed E-state index contributed by atoms with van der Waals surface area (Å²) in [6.07, 6.45) is 1.31. The number of imidazole rings is 1. The van der Waals surface area contributed by atoms with Gasteiger partial charge in [-0.25, -0.2) is 15.0 Å². The lowest BCUT2D eigenvalue weighted by molar-refractivity contribution is -0.0511. The van der Waals surface area contributed by atoms with Gasteiger partial charge in [0.05, 0.1) is 19.0 Å². The van der Waals surface area contributed by atoms with Gasteiger partial charge in [0.25, 0.3) is 0 Å². The number of aliphatic hydroxyl groups excluding tert-OH is 3. The quantitative estimate of drug-likeness (QED) is 0.416. The molecule has 158 valence electrons. The summed E-state index contributed by atoms with van der Waals surface area (Å²) in [5, 5.41) is 43.3. The maximum Gasteiger partial charge on any atom is 0.167 e. The van der Waals surface area contributed by atoms with E-state index in [2.05, 4.69) is 20.3 Å². The van der Waals surface area contributed by atoms with Gasteiger partial charge in [-0.05, 0) is 36.5 Å². The third-order valence-electron chi connectivity index (χ3n) is 5.94. The highest BCUT2D eigenvalue weighted by Crippen LogP contribution is 2.38. The van der Waals surface area contributed by atoms with E-state index in [0.717, 1.165) is 30.4 Å². The van der Waals surface area contributed by atoms with Crippen LogP contribution in [0.15, 0.2) is 30.9 Å². The topological polar surface area (TPSA) is 146 Å². The fourth-order valence-corrected chi connectivity index (χ4v) is 4.40. The van der Waals surface area contributed by atoms with Crippen molar-refractivity contribution in [2.75, 3.05) is 11.9 Å². The zero-order valence-corrected chi connectivity index (χ0v) is 16.1. The standard InChI is InChI=1S/C20H23N5O5/c26-7-14-16(28)17(29)20(30-14)25-9-23-15-18(21-8-22-19(15)25)24-12-5-1-4-11-10(12)3-2-6-13(11)27/h2-3,6,8-9,12,14,16-17,20,26-29H,1,4-5,7H2,(H,21,22,24)/t12?,14-,16?,17?,20-/m1/s1. The van der Waals surface area contributed by atoms with Crippen molar-refractivity contribution < 1.29 is 25.2 Å². The Morgan fingerprint density at radius 2 is 2.03 bits per heavy atom. The van der Waals surface area contributed by atoms with Crippen molar-refractivity contribution in [1.29, 1.82) is 0 Å². The molecular formula is C20H23N5O5. The molecule has 5 N–H and O–H groups in total. The molecule has 0 saturated carbocycles. The fourth-order valence-electron chi connectivity index (χ4n) is 4.40. The maximum atomic E-state index is 10.3. The minimum Gasteiger partial charge on any atom is -0.508 e. The molecule has 10 nitrogen and oxygen atoms in total. The summed E-state index contributed by atoms with van der Waals surface area (Å²) in [7, 11) is 0. The van der Waals surface area contributed by atoms with Crippen molar-refractivity contribution in [3.05, 3.63) is 42.0 Å². The number of nitrogens with zero attached hydrogens (tertiary/aromatic N) is 4. The molecule has 3 heterocycles. The minimum absolute atomic E-state index is 0.0296. The molecule has 0 amide bonds. The van der Waals surface area contributed by atoms with E-state index in [4.69, 9.17) is 4.74 Å². The van der Waals surface area contributed by atoms with E-state index in [1.165, 1.54) is 17.2 Å². The second-order valence-corrected chi connectivity index (χ2v) is 7.71. The van der Waals surface area contributed by atoms with Crippen LogP contribution < -0.4 is 5.32 Å². The summed E-state index contributed by atoms with van der Waals surface area (Å²) in [5.41, 5.74) is 2.93. The summed E-state index contributed by atoms with van der Waals surface area (Å²) in [5.74, 6) is 0.840. The van der Waals surface area contributed by atoms with Crippen LogP contribution in [0, 0.1) is 0 Å². The number of anilines is 1. The Morgan fingerprint density at radius 3 is 2.83 bits per heavy atom. The summed E-state index contributed by atoms with van der Waals surface area (Å²) >= 11 is 0. The molecule has 0 radical (unpaired) electrons. The predicted octanol–water partition coefficient (Wildman–Crippen LogP) is 0.633. The molecule has 1 fully saturated rings. The van der Waals surface area contributed by atoms with Crippen molar-refractivity contribution in [2.45, 2.75) is 49.8 Å². The van der Waals surface area contributed by atoms with Gasteiger partial charge in [0, 0.05) is 0 Å². The first-order chi connectivity index (χ1) is 14.6. The van der Waals surface area contributed by atoms with Crippen molar-refractivity contribution in [3.8, 4) is 5.75 Å². The highest BCUT2D eigenvalue weighted by molar-refractivity contribution is 5.83. The number of rotatable bonds is 4. The highest BCUT2D eigenvalue weighted by atomic mass is 16.6. The molecule has 0 spiro atoms. The molecule has 1 aliphatic carbocycles. The monoisotopic (exact) mass is 413 g/mol. The molecule has 1 aliphatic heterocycles. The number of nitrogens with one attached hydrogen (secondary N) is 1. The van der Waals surface area contributed by atoms with Crippen LogP contribution in [-0.4, -0.2) is 64.9 Å². The van der Waals surface area contributed by atoms with E-state index in [1.807, 2.05) is 12.1 Å². The first kappa shape index (κ1) is 19.2. The Bertz CT molecular complexity index is 1070. The van der Waals surface area contributed by atoms with Crippen molar-refractivity contribution in [2.24, 2.45) is 0 Å². The molecule has 10 heteroatoms. The Morgan fingerprint density at radius 1 is 1.17 bits per heavy atom. The molecule has 2 aliphatic rings. The molecule has 30 heavy (non-hydrogen) atoms. The molecule has 1 saturated heterocycles. The molecule has 0 bridgehead atoms. The second-order valence-electron chi connectivity index (χ2n) is 7.71. The Kier molecular flexibility index (Phi) is 4.78. The second kappa shape index (κ2) is 7.47. The van der Waals surface area contributed by atoms with Gasteiger partial charge in [-0.1, -0.05) is 12.1 Å². The van der Waals surface area contributed by atoms with Gasteiger partial charge < -0.3 is 30.5 Å². The lowest BCUT2D eigenvalue weighted by Gasteiger charge is -2.27. The Hall–Kier alpha value is -2.79. The van der Waals surface area contributed by atoms with Gasteiger partial charge >= 0.3 is 0 Å². The Balaban J connectivity index is 1.48. The smallest absolute Gasteiger partial charge is 0.167 e. The zero-order chi connectivity index (χ0) is 20.8. The largest absolute Gasteiger partial charge is 0.508 e. The Labute approximate surface area is 171 Å². The van der Waals surface area contributed by atoms with Crippen LogP contribution in [0.5, 0.6) is 5.75 Å². The van der Waals surface area contributed by atoms with Gasteiger partial charge in [-0.2, -0.15) is 0 Å². The number of hydrogen-bond donors (Lipinski definition) is 5. The van der Waals surface area contributed by atoms with Gasteiger partial charge in [-0.3, -0.25) is 4.57 Å².